The number of alkyl halides is 1. The van der Waals surface area contributed by atoms with Gasteiger partial charge < -0.3 is 0 Å². The maximum atomic E-state index is 5.72. The Bertz CT molecular complexity index is 490. The summed E-state index contributed by atoms with van der Waals surface area (Å²) in [6.07, 6.45) is 1.97. The zero-order valence-corrected chi connectivity index (χ0v) is 12.4. The largest absolute Gasteiger partial charge is 0.245 e. The topological polar surface area (TPSA) is 12.9 Å². The van der Waals surface area contributed by atoms with Crippen molar-refractivity contribution in [3.63, 3.8) is 0 Å². The number of hydrogen-bond acceptors (Lipinski definition) is 2. The molecule has 0 amide bonds. The van der Waals surface area contributed by atoms with Gasteiger partial charge in [0.1, 0.15) is 5.01 Å². The molecule has 1 nitrogen and oxygen atoms in total. The lowest BCUT2D eigenvalue weighted by Crippen LogP contribution is -2.18. The van der Waals surface area contributed by atoms with Crippen molar-refractivity contribution in [2.24, 2.45) is 0 Å². The van der Waals surface area contributed by atoms with Crippen molar-refractivity contribution in [1.82, 2.24) is 4.98 Å². The second-order valence-electron chi connectivity index (χ2n) is 4.93. The number of nitrogens with zero attached hydrogens (tertiary/aromatic N) is 1. The van der Waals surface area contributed by atoms with Crippen molar-refractivity contribution < 1.29 is 0 Å². The Morgan fingerprint density at radius 1 is 1.22 bits per heavy atom. The molecule has 18 heavy (non-hydrogen) atoms. The van der Waals surface area contributed by atoms with Crippen LogP contribution in [-0.2, 0) is 11.8 Å². The second-order valence-corrected chi connectivity index (χ2v) is 6.16. The lowest BCUT2D eigenvalue weighted by molar-refractivity contribution is 0.631. The highest BCUT2D eigenvalue weighted by atomic mass is 35.5. The fourth-order valence-electron chi connectivity index (χ4n) is 1.94. The molecule has 0 fully saturated rings. The summed E-state index contributed by atoms with van der Waals surface area (Å²) in [6, 6.07) is 10.5. The van der Waals surface area contributed by atoms with Gasteiger partial charge in [-0.3, -0.25) is 0 Å². The summed E-state index contributed by atoms with van der Waals surface area (Å²) in [5.41, 5.74) is 2.45. The molecule has 0 spiro atoms. The predicted octanol–water partition coefficient (Wildman–Crippen LogP) is 4.64. The minimum Gasteiger partial charge on any atom is -0.245 e. The predicted molar refractivity (Wildman–Crippen MR) is 79.7 cm³/mol. The van der Waals surface area contributed by atoms with Crippen LogP contribution >= 0.6 is 22.9 Å². The standard InChI is InChI=1S/C15H18ClNS/c1-15(2,12-7-4-3-5-8-12)14-17-13(11-18-14)9-6-10-16/h3-5,7-8,11H,6,9-10H2,1-2H3. The highest BCUT2D eigenvalue weighted by Gasteiger charge is 2.26. The molecule has 0 atom stereocenters. The molecule has 0 aliphatic rings. The molecule has 0 N–H and O–H groups in total. The average Bonchev–Trinajstić information content (AvgIpc) is 2.87. The summed E-state index contributed by atoms with van der Waals surface area (Å²) in [4.78, 5) is 4.76. The molecule has 0 aliphatic carbocycles. The Morgan fingerprint density at radius 2 is 1.94 bits per heavy atom. The third-order valence-electron chi connectivity index (χ3n) is 3.15. The normalized spacial score (nSPS) is 11.7. The molecule has 0 saturated heterocycles. The fraction of sp³-hybridized carbons (Fsp3) is 0.400. The number of benzene rings is 1. The molecule has 3 heteroatoms. The molecule has 0 aliphatic heterocycles. The first kappa shape index (κ1) is 13.6. The highest BCUT2D eigenvalue weighted by molar-refractivity contribution is 7.09. The van der Waals surface area contributed by atoms with Crippen molar-refractivity contribution in [3.8, 4) is 0 Å². The van der Waals surface area contributed by atoms with Crippen LogP contribution in [0.5, 0.6) is 0 Å². The van der Waals surface area contributed by atoms with Gasteiger partial charge >= 0.3 is 0 Å². The molecule has 1 heterocycles. The van der Waals surface area contributed by atoms with Crippen molar-refractivity contribution >= 4 is 22.9 Å². The molecular formula is C15H18ClNS. The molecule has 2 rings (SSSR count). The van der Waals surface area contributed by atoms with Gasteiger partial charge in [0, 0.05) is 16.7 Å². The third-order valence-corrected chi connectivity index (χ3v) is 4.63. The van der Waals surface area contributed by atoms with Gasteiger partial charge in [-0.1, -0.05) is 30.3 Å². The van der Waals surface area contributed by atoms with E-state index in [1.54, 1.807) is 11.3 Å². The Hall–Kier alpha value is -0.860. The van der Waals surface area contributed by atoms with Crippen LogP contribution < -0.4 is 0 Å². The first-order valence-corrected chi connectivity index (χ1v) is 7.62. The summed E-state index contributed by atoms with van der Waals surface area (Å²) in [7, 11) is 0. The van der Waals surface area contributed by atoms with E-state index in [0.29, 0.717) is 5.88 Å². The van der Waals surface area contributed by atoms with Crippen molar-refractivity contribution in [3.05, 3.63) is 52.0 Å². The van der Waals surface area contributed by atoms with Crippen LogP contribution in [0.1, 0.15) is 36.5 Å². The second kappa shape index (κ2) is 5.85. The molecular weight excluding hydrogens is 262 g/mol. The highest BCUT2D eigenvalue weighted by Crippen LogP contribution is 2.33. The maximum Gasteiger partial charge on any atom is 0.103 e. The summed E-state index contributed by atoms with van der Waals surface area (Å²) in [6.45, 7) is 4.46. The van der Waals surface area contributed by atoms with Crippen LogP contribution in [-0.4, -0.2) is 10.9 Å². The number of thiazole rings is 1. The van der Waals surface area contributed by atoms with Crippen molar-refractivity contribution in [2.75, 3.05) is 5.88 Å². The minimum atomic E-state index is -0.0227. The van der Waals surface area contributed by atoms with Gasteiger partial charge in [-0.2, -0.15) is 0 Å². The van der Waals surface area contributed by atoms with Crippen LogP contribution in [0.3, 0.4) is 0 Å². The van der Waals surface area contributed by atoms with E-state index in [4.69, 9.17) is 16.6 Å². The first-order chi connectivity index (χ1) is 8.64. The van der Waals surface area contributed by atoms with Gasteiger partial charge in [0.25, 0.3) is 0 Å². The number of halogens is 1. The van der Waals surface area contributed by atoms with Crippen LogP contribution in [0.15, 0.2) is 35.7 Å². The van der Waals surface area contributed by atoms with Gasteiger partial charge in [-0.25, -0.2) is 4.98 Å². The van der Waals surface area contributed by atoms with Gasteiger partial charge in [-0.05, 0) is 32.3 Å². The molecule has 96 valence electrons. The molecule has 1 aromatic heterocycles. The zero-order chi connectivity index (χ0) is 13.0. The zero-order valence-electron chi connectivity index (χ0n) is 10.8. The molecule has 0 unspecified atom stereocenters. The summed E-state index contributed by atoms with van der Waals surface area (Å²) < 4.78 is 0. The molecule has 0 radical (unpaired) electrons. The number of aromatic nitrogens is 1. The fourth-order valence-corrected chi connectivity index (χ4v) is 3.07. The smallest absolute Gasteiger partial charge is 0.103 e. The van der Waals surface area contributed by atoms with E-state index in [9.17, 15) is 0 Å². The first-order valence-electron chi connectivity index (χ1n) is 6.21. The monoisotopic (exact) mass is 279 g/mol. The van der Waals surface area contributed by atoms with Gasteiger partial charge in [0.15, 0.2) is 0 Å². The minimum absolute atomic E-state index is 0.0227. The van der Waals surface area contributed by atoms with E-state index in [-0.39, 0.29) is 5.41 Å². The van der Waals surface area contributed by atoms with Gasteiger partial charge in [-0.15, -0.1) is 22.9 Å². The van der Waals surface area contributed by atoms with Crippen molar-refractivity contribution in [1.29, 1.82) is 0 Å². The maximum absolute atomic E-state index is 5.72. The Morgan fingerprint density at radius 3 is 2.61 bits per heavy atom. The summed E-state index contributed by atoms with van der Waals surface area (Å²) in [5.74, 6) is 0.703. The van der Waals surface area contributed by atoms with E-state index < -0.39 is 0 Å². The summed E-state index contributed by atoms with van der Waals surface area (Å²) >= 11 is 7.47. The summed E-state index contributed by atoms with van der Waals surface area (Å²) in [5, 5.41) is 3.34. The lowest BCUT2D eigenvalue weighted by atomic mass is 9.85. The quantitative estimate of drug-likeness (QED) is 0.727. The SMILES string of the molecule is CC(C)(c1ccccc1)c1nc(CCCCl)cs1. The Kier molecular flexibility index (Phi) is 4.41. The van der Waals surface area contributed by atoms with Crippen molar-refractivity contribution in [2.45, 2.75) is 32.1 Å². The van der Waals surface area contributed by atoms with E-state index in [1.165, 1.54) is 16.3 Å². The van der Waals surface area contributed by atoms with Crippen LogP contribution in [0, 0.1) is 0 Å². The Balaban J connectivity index is 2.22. The molecule has 0 saturated carbocycles. The molecule has 2 aromatic rings. The number of hydrogen-bond donors (Lipinski definition) is 0. The number of aryl methyl sites for hydroxylation is 1. The number of rotatable bonds is 5. The van der Waals surface area contributed by atoms with Crippen LogP contribution in [0.25, 0.3) is 0 Å². The van der Waals surface area contributed by atoms with E-state index in [0.717, 1.165) is 12.8 Å². The third kappa shape index (κ3) is 2.93. The van der Waals surface area contributed by atoms with E-state index in [2.05, 4.69) is 43.5 Å². The van der Waals surface area contributed by atoms with E-state index in [1.807, 2.05) is 6.07 Å². The average molecular weight is 280 g/mol. The van der Waals surface area contributed by atoms with Gasteiger partial charge in [0.2, 0.25) is 0 Å². The lowest BCUT2D eigenvalue weighted by Gasteiger charge is -2.22. The van der Waals surface area contributed by atoms with E-state index >= 15 is 0 Å². The van der Waals surface area contributed by atoms with Gasteiger partial charge in [0.05, 0.1) is 5.69 Å². The van der Waals surface area contributed by atoms with Crippen LogP contribution in [0.2, 0.25) is 0 Å². The Labute approximate surface area is 118 Å². The van der Waals surface area contributed by atoms with Crippen LogP contribution in [0.4, 0.5) is 0 Å². The molecule has 0 bridgehead atoms. The molecule has 1 aromatic carbocycles.